The highest BCUT2D eigenvalue weighted by atomic mass is 35.5. The van der Waals surface area contributed by atoms with Gasteiger partial charge in [-0.05, 0) is 37.5 Å². The van der Waals surface area contributed by atoms with Crippen LogP contribution in [-0.4, -0.2) is 18.6 Å². The molecular weight excluding hydrogens is 273 g/mol. The van der Waals surface area contributed by atoms with Crippen molar-refractivity contribution in [3.05, 3.63) is 27.7 Å². The maximum absolute atomic E-state index is 12.3. The van der Waals surface area contributed by atoms with E-state index in [0.29, 0.717) is 35.2 Å². The van der Waals surface area contributed by atoms with Crippen LogP contribution in [0.1, 0.15) is 25.3 Å². The number of carbonyl (C=O) groups excluding carboxylic acids is 1. The zero-order chi connectivity index (χ0) is 12.9. The maximum Gasteiger partial charge on any atom is 0.235 e. The molecule has 1 spiro atoms. The van der Waals surface area contributed by atoms with E-state index in [0.717, 1.165) is 5.56 Å². The van der Waals surface area contributed by atoms with E-state index >= 15 is 0 Å². The van der Waals surface area contributed by atoms with Crippen molar-refractivity contribution in [3.8, 4) is 0 Å². The standard InChI is InChI=1S/C13H13Cl2NO2/c1-7-6-13(2-3-18-7)9-4-8(14)5-10(15)11(9)16-12(13)17/h4-5,7H,2-3,6H2,1H3,(H,16,17). The van der Waals surface area contributed by atoms with Crippen LogP contribution in [0.2, 0.25) is 10.0 Å². The summed E-state index contributed by atoms with van der Waals surface area (Å²) in [4.78, 5) is 12.3. The van der Waals surface area contributed by atoms with Gasteiger partial charge in [-0.25, -0.2) is 0 Å². The van der Waals surface area contributed by atoms with E-state index in [1.165, 1.54) is 0 Å². The van der Waals surface area contributed by atoms with E-state index in [1.807, 2.05) is 13.0 Å². The first-order valence-electron chi connectivity index (χ1n) is 5.95. The van der Waals surface area contributed by atoms with Gasteiger partial charge in [0.25, 0.3) is 0 Å². The molecule has 0 aliphatic carbocycles. The molecule has 1 amide bonds. The lowest BCUT2D eigenvalue weighted by Crippen LogP contribution is -2.42. The number of rotatable bonds is 0. The Balaban J connectivity index is 2.16. The van der Waals surface area contributed by atoms with E-state index in [-0.39, 0.29) is 12.0 Å². The molecule has 1 fully saturated rings. The Morgan fingerprint density at radius 1 is 1.44 bits per heavy atom. The number of benzene rings is 1. The topological polar surface area (TPSA) is 38.3 Å². The summed E-state index contributed by atoms with van der Waals surface area (Å²) in [6.07, 6.45) is 1.41. The molecule has 1 aromatic rings. The SMILES string of the molecule is CC1CC2(CCO1)C(=O)Nc1c(Cl)cc(Cl)cc12. The van der Waals surface area contributed by atoms with Gasteiger partial charge in [0.05, 0.1) is 22.2 Å². The molecule has 18 heavy (non-hydrogen) atoms. The van der Waals surface area contributed by atoms with E-state index in [2.05, 4.69) is 5.32 Å². The predicted molar refractivity (Wildman–Crippen MR) is 71.4 cm³/mol. The van der Waals surface area contributed by atoms with Crippen molar-refractivity contribution in [2.75, 3.05) is 11.9 Å². The molecule has 2 aliphatic heterocycles. The highest BCUT2D eigenvalue weighted by molar-refractivity contribution is 6.37. The molecule has 96 valence electrons. The van der Waals surface area contributed by atoms with Crippen molar-refractivity contribution in [2.45, 2.75) is 31.3 Å². The van der Waals surface area contributed by atoms with Crippen LogP contribution in [0.5, 0.6) is 0 Å². The molecule has 2 atom stereocenters. The molecule has 0 bridgehead atoms. The van der Waals surface area contributed by atoms with Crippen molar-refractivity contribution < 1.29 is 9.53 Å². The van der Waals surface area contributed by atoms with Gasteiger partial charge in [-0.1, -0.05) is 23.2 Å². The Hall–Kier alpha value is -0.770. The van der Waals surface area contributed by atoms with Crippen molar-refractivity contribution in [1.82, 2.24) is 0 Å². The van der Waals surface area contributed by atoms with Crippen LogP contribution in [-0.2, 0) is 14.9 Å². The molecule has 5 heteroatoms. The van der Waals surface area contributed by atoms with Crippen molar-refractivity contribution in [2.24, 2.45) is 0 Å². The van der Waals surface area contributed by atoms with Crippen LogP contribution in [0, 0.1) is 0 Å². The minimum atomic E-state index is -0.526. The lowest BCUT2D eigenvalue weighted by molar-refractivity contribution is -0.126. The molecule has 1 N–H and O–H groups in total. The quantitative estimate of drug-likeness (QED) is 0.794. The Morgan fingerprint density at radius 3 is 2.94 bits per heavy atom. The molecular formula is C13H13Cl2NO2. The highest BCUT2D eigenvalue weighted by Gasteiger charge is 2.50. The van der Waals surface area contributed by atoms with Gasteiger partial charge in [0.2, 0.25) is 5.91 Å². The summed E-state index contributed by atoms with van der Waals surface area (Å²) >= 11 is 12.2. The number of fused-ring (bicyclic) bond motifs is 2. The largest absolute Gasteiger partial charge is 0.378 e. The van der Waals surface area contributed by atoms with Gasteiger partial charge in [-0.3, -0.25) is 4.79 Å². The molecule has 0 saturated carbocycles. The summed E-state index contributed by atoms with van der Waals surface area (Å²) in [5.41, 5.74) is 1.10. The normalized spacial score (nSPS) is 30.4. The number of hydrogen-bond acceptors (Lipinski definition) is 2. The summed E-state index contributed by atoms with van der Waals surface area (Å²) in [5.74, 6) is 0.0109. The minimum absolute atomic E-state index is 0.0109. The fourth-order valence-electron chi connectivity index (χ4n) is 2.97. The lowest BCUT2D eigenvalue weighted by Gasteiger charge is -2.35. The summed E-state index contributed by atoms with van der Waals surface area (Å²) < 4.78 is 5.54. The number of halogens is 2. The molecule has 3 nitrogen and oxygen atoms in total. The van der Waals surface area contributed by atoms with E-state index in [9.17, 15) is 4.79 Å². The zero-order valence-corrected chi connectivity index (χ0v) is 11.4. The highest BCUT2D eigenvalue weighted by Crippen LogP contribution is 2.49. The van der Waals surface area contributed by atoms with Gasteiger partial charge in [0, 0.05) is 11.6 Å². The molecule has 2 unspecified atom stereocenters. The van der Waals surface area contributed by atoms with Gasteiger partial charge in [0.15, 0.2) is 0 Å². The molecule has 0 aromatic heterocycles. The Bertz CT molecular complexity index is 532. The van der Waals surface area contributed by atoms with Crippen LogP contribution < -0.4 is 5.32 Å². The number of nitrogens with one attached hydrogen (secondary N) is 1. The second-order valence-corrected chi connectivity index (χ2v) is 5.83. The molecule has 2 heterocycles. The molecule has 0 radical (unpaired) electrons. The molecule has 1 saturated heterocycles. The van der Waals surface area contributed by atoms with Gasteiger partial charge < -0.3 is 10.1 Å². The number of carbonyl (C=O) groups is 1. The lowest BCUT2D eigenvalue weighted by atomic mass is 9.73. The number of amides is 1. The van der Waals surface area contributed by atoms with Crippen molar-refractivity contribution >= 4 is 34.8 Å². The first kappa shape index (κ1) is 12.3. The second kappa shape index (κ2) is 4.12. The molecule has 3 rings (SSSR count). The summed E-state index contributed by atoms with van der Waals surface area (Å²) in [6, 6.07) is 3.50. The predicted octanol–water partition coefficient (Wildman–Crippen LogP) is 3.38. The van der Waals surface area contributed by atoms with Crippen LogP contribution in [0.25, 0.3) is 0 Å². The van der Waals surface area contributed by atoms with Gasteiger partial charge >= 0.3 is 0 Å². The fraction of sp³-hybridized carbons (Fsp3) is 0.462. The van der Waals surface area contributed by atoms with Crippen LogP contribution in [0.3, 0.4) is 0 Å². The van der Waals surface area contributed by atoms with E-state index < -0.39 is 5.41 Å². The molecule has 1 aromatic carbocycles. The third-order valence-electron chi connectivity index (χ3n) is 3.81. The summed E-state index contributed by atoms with van der Waals surface area (Å²) in [5, 5.41) is 3.95. The molecule has 2 aliphatic rings. The van der Waals surface area contributed by atoms with Crippen LogP contribution >= 0.6 is 23.2 Å². The monoisotopic (exact) mass is 285 g/mol. The smallest absolute Gasteiger partial charge is 0.235 e. The van der Waals surface area contributed by atoms with Gasteiger partial charge in [0.1, 0.15) is 0 Å². The Labute approximate surface area is 115 Å². The van der Waals surface area contributed by atoms with Gasteiger partial charge in [-0.2, -0.15) is 0 Å². The average Bonchev–Trinajstić information content (AvgIpc) is 2.54. The first-order chi connectivity index (χ1) is 8.53. The second-order valence-electron chi connectivity index (χ2n) is 4.98. The van der Waals surface area contributed by atoms with Gasteiger partial charge in [-0.15, -0.1) is 0 Å². The Kier molecular flexibility index (Phi) is 2.81. The van der Waals surface area contributed by atoms with Crippen molar-refractivity contribution in [3.63, 3.8) is 0 Å². The van der Waals surface area contributed by atoms with E-state index in [4.69, 9.17) is 27.9 Å². The fourth-order valence-corrected chi connectivity index (χ4v) is 3.51. The number of ether oxygens (including phenoxy) is 1. The first-order valence-corrected chi connectivity index (χ1v) is 6.71. The number of hydrogen-bond donors (Lipinski definition) is 1. The maximum atomic E-state index is 12.3. The zero-order valence-electron chi connectivity index (χ0n) is 9.93. The van der Waals surface area contributed by atoms with Crippen LogP contribution in [0.4, 0.5) is 5.69 Å². The van der Waals surface area contributed by atoms with Crippen LogP contribution in [0.15, 0.2) is 12.1 Å². The van der Waals surface area contributed by atoms with Crippen molar-refractivity contribution in [1.29, 1.82) is 0 Å². The average molecular weight is 286 g/mol. The minimum Gasteiger partial charge on any atom is -0.378 e. The third kappa shape index (κ3) is 1.65. The summed E-state index contributed by atoms with van der Waals surface area (Å²) in [6.45, 7) is 2.57. The number of anilines is 1. The Morgan fingerprint density at radius 2 is 2.22 bits per heavy atom. The summed E-state index contributed by atoms with van der Waals surface area (Å²) in [7, 11) is 0. The third-order valence-corrected chi connectivity index (χ3v) is 4.33. The van der Waals surface area contributed by atoms with E-state index in [1.54, 1.807) is 6.07 Å².